The van der Waals surface area contributed by atoms with Crippen LogP contribution >= 0.6 is 7.37 Å². The van der Waals surface area contributed by atoms with Crippen molar-refractivity contribution in [3.63, 3.8) is 0 Å². The zero-order valence-electron chi connectivity index (χ0n) is 9.43. The summed E-state index contributed by atoms with van der Waals surface area (Å²) in [5, 5.41) is 0. The lowest BCUT2D eigenvalue weighted by atomic mass is 10.6. The van der Waals surface area contributed by atoms with Crippen molar-refractivity contribution in [1.82, 2.24) is 9.80 Å². The van der Waals surface area contributed by atoms with Gasteiger partial charge in [0.05, 0.1) is 12.6 Å². The van der Waals surface area contributed by atoms with Gasteiger partial charge in [0.15, 0.2) is 0 Å². The Morgan fingerprint density at radius 3 is 1.53 bits per heavy atom. The van der Waals surface area contributed by atoms with Crippen LogP contribution in [-0.2, 0) is 14.2 Å². The van der Waals surface area contributed by atoms with Gasteiger partial charge in [-0.25, -0.2) is 0 Å². The van der Waals surface area contributed by atoms with Gasteiger partial charge in [-0.15, -0.1) is 0 Å². The molecule has 7 heteroatoms. The maximum Gasteiger partial charge on any atom is 0.238 e. The Morgan fingerprint density at radius 1 is 1.07 bits per heavy atom. The molecular formula is C8H17N2O4P. The van der Waals surface area contributed by atoms with Crippen molar-refractivity contribution >= 4 is 19.2 Å². The van der Waals surface area contributed by atoms with E-state index in [2.05, 4.69) is 0 Å². The maximum atomic E-state index is 11.6. The summed E-state index contributed by atoms with van der Waals surface area (Å²) in [6, 6.07) is 0. The lowest BCUT2D eigenvalue weighted by Crippen LogP contribution is -2.30. The second-order valence-corrected chi connectivity index (χ2v) is 5.82. The van der Waals surface area contributed by atoms with E-state index in [0.717, 1.165) is 9.80 Å². The van der Waals surface area contributed by atoms with Crippen LogP contribution in [-0.4, -0.2) is 53.2 Å². The number of nitrogens with zero attached hydrogens (tertiary/aromatic N) is 2. The van der Waals surface area contributed by atoms with Gasteiger partial charge in [0.1, 0.15) is 0 Å². The van der Waals surface area contributed by atoms with Crippen molar-refractivity contribution in [3.05, 3.63) is 0 Å². The van der Waals surface area contributed by atoms with Gasteiger partial charge in [-0.05, 0) is 0 Å². The Bertz CT molecular complexity index is 279. The van der Waals surface area contributed by atoms with Crippen molar-refractivity contribution < 1.29 is 19.0 Å². The third-order valence-corrected chi connectivity index (χ3v) is 3.67. The molecule has 0 atom stereocenters. The van der Waals surface area contributed by atoms with Gasteiger partial charge in [0, 0.05) is 27.9 Å². The summed E-state index contributed by atoms with van der Waals surface area (Å²) in [4.78, 5) is 33.6. The van der Waals surface area contributed by atoms with Crippen molar-refractivity contribution in [1.29, 1.82) is 0 Å². The quantitative estimate of drug-likeness (QED) is 0.704. The molecule has 6 nitrogen and oxygen atoms in total. The molecule has 0 fully saturated rings. The number of hydrogen-bond acceptors (Lipinski definition) is 3. The average molecular weight is 236 g/mol. The Morgan fingerprint density at radius 2 is 1.33 bits per heavy atom. The third-order valence-electron chi connectivity index (χ3n) is 1.94. The van der Waals surface area contributed by atoms with E-state index in [1.54, 1.807) is 0 Å². The number of carbonyl (C=O) groups is 2. The number of hydrogen-bond donors (Lipinski definition) is 1. The molecule has 0 aromatic heterocycles. The van der Waals surface area contributed by atoms with Gasteiger partial charge >= 0.3 is 0 Å². The molecule has 0 spiro atoms. The van der Waals surface area contributed by atoms with E-state index in [1.807, 2.05) is 0 Å². The van der Waals surface area contributed by atoms with E-state index in [0.29, 0.717) is 0 Å². The fourth-order valence-electron chi connectivity index (χ4n) is 0.907. The largest absolute Gasteiger partial charge is 0.342 e. The van der Waals surface area contributed by atoms with Crippen LogP contribution in [0.4, 0.5) is 0 Å². The molecule has 1 N–H and O–H groups in total. The van der Waals surface area contributed by atoms with Gasteiger partial charge in [0.25, 0.3) is 0 Å². The SMILES string of the molecule is CC(=O)N(C)CP(=O)(O)CN(C)C(C)=O. The highest BCUT2D eigenvalue weighted by molar-refractivity contribution is 7.57. The highest BCUT2D eigenvalue weighted by Crippen LogP contribution is 2.41. The maximum absolute atomic E-state index is 11.6. The predicted octanol–water partition coefficient (Wildman–Crippen LogP) is 0.128. The third kappa shape index (κ3) is 5.54. The van der Waals surface area contributed by atoms with E-state index in [9.17, 15) is 19.0 Å². The topological polar surface area (TPSA) is 77.9 Å². The minimum atomic E-state index is -3.50. The van der Waals surface area contributed by atoms with Crippen LogP contribution in [0.1, 0.15) is 13.8 Å². The Labute approximate surface area is 89.3 Å². The Kier molecular flexibility index (Phi) is 4.97. The normalized spacial score (nSPS) is 11.0. The first-order chi connectivity index (χ1) is 6.65. The van der Waals surface area contributed by atoms with Gasteiger partial charge in [0.2, 0.25) is 19.2 Å². The fourth-order valence-corrected chi connectivity index (χ4v) is 2.72. The molecule has 0 saturated heterocycles. The molecule has 0 rings (SSSR count). The first-order valence-electron chi connectivity index (χ1n) is 4.40. The highest BCUT2D eigenvalue weighted by atomic mass is 31.2. The number of amides is 2. The molecule has 15 heavy (non-hydrogen) atoms. The summed E-state index contributed by atoms with van der Waals surface area (Å²) in [5.41, 5.74) is 0. The summed E-state index contributed by atoms with van der Waals surface area (Å²) in [6.07, 6.45) is -0.472. The van der Waals surface area contributed by atoms with Crippen molar-refractivity contribution in [2.24, 2.45) is 0 Å². The summed E-state index contributed by atoms with van der Waals surface area (Å²) in [7, 11) is -0.616. The van der Waals surface area contributed by atoms with Crippen LogP contribution in [0.3, 0.4) is 0 Å². The lowest BCUT2D eigenvalue weighted by molar-refractivity contribution is -0.127. The van der Waals surface area contributed by atoms with Crippen LogP contribution in [0, 0.1) is 0 Å². The predicted molar refractivity (Wildman–Crippen MR) is 56.4 cm³/mol. The van der Waals surface area contributed by atoms with Gasteiger partial charge in [-0.2, -0.15) is 0 Å². The van der Waals surface area contributed by atoms with Gasteiger partial charge in [-0.1, -0.05) is 0 Å². The first kappa shape index (κ1) is 14.1. The van der Waals surface area contributed by atoms with Crippen molar-refractivity contribution in [2.45, 2.75) is 13.8 Å². The Balaban J connectivity index is 4.37. The Hall–Kier alpha value is -0.870. The number of carbonyl (C=O) groups excluding carboxylic acids is 2. The first-order valence-corrected chi connectivity index (χ1v) is 6.43. The minimum absolute atomic E-state index is 0.236. The van der Waals surface area contributed by atoms with Crippen LogP contribution in [0.15, 0.2) is 0 Å². The lowest BCUT2D eigenvalue weighted by Gasteiger charge is -2.23. The van der Waals surface area contributed by atoms with Crippen LogP contribution in [0.25, 0.3) is 0 Å². The molecule has 0 aromatic rings. The molecule has 0 radical (unpaired) electrons. The highest BCUT2D eigenvalue weighted by Gasteiger charge is 2.24. The monoisotopic (exact) mass is 236 g/mol. The van der Waals surface area contributed by atoms with E-state index < -0.39 is 7.37 Å². The van der Waals surface area contributed by atoms with Crippen molar-refractivity contribution in [3.8, 4) is 0 Å². The van der Waals surface area contributed by atoms with Crippen molar-refractivity contribution in [2.75, 3.05) is 26.7 Å². The molecule has 88 valence electrons. The van der Waals surface area contributed by atoms with E-state index in [-0.39, 0.29) is 24.4 Å². The molecule has 0 aliphatic rings. The second kappa shape index (κ2) is 5.28. The molecule has 0 unspecified atom stereocenters. The zero-order chi connectivity index (χ0) is 12.2. The fraction of sp³-hybridized carbons (Fsp3) is 0.750. The van der Waals surface area contributed by atoms with Gasteiger partial charge in [-0.3, -0.25) is 14.2 Å². The smallest absolute Gasteiger partial charge is 0.238 e. The van der Waals surface area contributed by atoms with E-state index in [4.69, 9.17) is 0 Å². The molecule has 2 amide bonds. The standard InChI is InChI=1S/C8H17N2O4P/c1-7(11)9(3)5-15(13,14)6-10(4)8(2)12/h5-6H2,1-4H3,(H,13,14). The molecule has 0 bridgehead atoms. The molecule has 0 aliphatic carbocycles. The molecule has 0 heterocycles. The summed E-state index contributed by atoms with van der Waals surface area (Å²) < 4.78 is 11.6. The van der Waals surface area contributed by atoms with E-state index >= 15 is 0 Å². The molecular weight excluding hydrogens is 219 g/mol. The summed E-state index contributed by atoms with van der Waals surface area (Å²) in [5.74, 6) is -0.565. The van der Waals surface area contributed by atoms with Crippen LogP contribution in [0.5, 0.6) is 0 Å². The minimum Gasteiger partial charge on any atom is -0.342 e. The second-order valence-electron chi connectivity index (χ2n) is 3.56. The van der Waals surface area contributed by atoms with Gasteiger partial charge < -0.3 is 14.7 Å². The summed E-state index contributed by atoms with van der Waals surface area (Å²) in [6.45, 7) is 2.63. The molecule has 0 aliphatic heterocycles. The molecule has 0 aromatic carbocycles. The van der Waals surface area contributed by atoms with Crippen LogP contribution in [0.2, 0.25) is 0 Å². The average Bonchev–Trinajstić information content (AvgIpc) is 2.01. The molecule has 0 saturated carbocycles. The summed E-state index contributed by atoms with van der Waals surface area (Å²) >= 11 is 0. The zero-order valence-corrected chi connectivity index (χ0v) is 10.3. The van der Waals surface area contributed by atoms with E-state index in [1.165, 1.54) is 27.9 Å². The van der Waals surface area contributed by atoms with Crippen LogP contribution < -0.4 is 0 Å². The number of rotatable bonds is 4.